The first-order valence-corrected chi connectivity index (χ1v) is 17.7. The van der Waals surface area contributed by atoms with Gasteiger partial charge in [-0.3, -0.25) is 0 Å². The van der Waals surface area contributed by atoms with Gasteiger partial charge in [-0.15, -0.1) is 0 Å². The number of hydrogen-bond acceptors (Lipinski definition) is 1. The Balaban J connectivity index is 1.13. The lowest BCUT2D eigenvalue weighted by Crippen LogP contribution is -2.26. The maximum absolute atomic E-state index is 5.32. The lowest BCUT2D eigenvalue weighted by molar-refractivity contribution is 0.797. The molecule has 0 saturated carbocycles. The van der Waals surface area contributed by atoms with Gasteiger partial charge in [-0.2, -0.15) is 0 Å². The molecule has 0 fully saturated rings. The molecule has 2 aliphatic rings. The summed E-state index contributed by atoms with van der Waals surface area (Å²) in [5, 5.41) is 5.39. The SMILES string of the molecule is c1ccc(-c2cc(-c3ccccc3)nc(-c3ccccc3-c3ccc4c(c3)-c3ccccc3C43c4cccc5ccc6cccc3c6c45)c2)cc1. The Morgan fingerprint density at radius 3 is 1.55 bits per heavy atom. The fourth-order valence-electron chi connectivity index (χ4n) is 9.14. The number of aromatic nitrogens is 1. The molecule has 1 spiro atoms. The summed E-state index contributed by atoms with van der Waals surface area (Å²) in [4.78, 5) is 5.32. The van der Waals surface area contributed by atoms with Crippen LogP contribution in [-0.2, 0) is 5.41 Å². The molecular weight excluding hydrogens is 615 g/mol. The highest BCUT2D eigenvalue weighted by atomic mass is 14.7. The van der Waals surface area contributed by atoms with Crippen molar-refractivity contribution < 1.29 is 0 Å². The molecule has 0 unspecified atom stereocenters. The topological polar surface area (TPSA) is 12.9 Å². The zero-order valence-electron chi connectivity index (χ0n) is 27.8. The molecule has 1 heteroatoms. The maximum atomic E-state index is 5.32. The van der Waals surface area contributed by atoms with Gasteiger partial charge in [0.15, 0.2) is 0 Å². The van der Waals surface area contributed by atoms with Gasteiger partial charge in [0, 0.05) is 11.1 Å². The molecule has 1 nitrogen and oxygen atoms in total. The van der Waals surface area contributed by atoms with Gasteiger partial charge in [-0.05, 0) is 95.4 Å². The van der Waals surface area contributed by atoms with Gasteiger partial charge in [-0.25, -0.2) is 4.98 Å². The predicted octanol–water partition coefficient (Wildman–Crippen LogP) is 12.7. The monoisotopic (exact) mass is 645 g/mol. The molecule has 1 aromatic heterocycles. The summed E-state index contributed by atoms with van der Waals surface area (Å²) in [5.41, 5.74) is 16.6. The first-order chi connectivity index (χ1) is 25.3. The van der Waals surface area contributed by atoms with Crippen LogP contribution in [0.2, 0.25) is 0 Å². The molecule has 0 N–H and O–H groups in total. The largest absolute Gasteiger partial charge is 0.248 e. The van der Waals surface area contributed by atoms with Crippen molar-refractivity contribution in [3.05, 3.63) is 210 Å². The van der Waals surface area contributed by atoms with Crippen LogP contribution in [0.4, 0.5) is 0 Å². The highest BCUT2D eigenvalue weighted by molar-refractivity contribution is 6.17. The van der Waals surface area contributed by atoms with E-state index in [4.69, 9.17) is 4.98 Å². The van der Waals surface area contributed by atoms with E-state index in [0.29, 0.717) is 0 Å². The second-order valence-corrected chi connectivity index (χ2v) is 13.8. The molecule has 236 valence electrons. The van der Waals surface area contributed by atoms with Crippen LogP contribution >= 0.6 is 0 Å². The third-order valence-corrected chi connectivity index (χ3v) is 11.3. The van der Waals surface area contributed by atoms with Crippen molar-refractivity contribution in [2.24, 2.45) is 0 Å². The molecule has 51 heavy (non-hydrogen) atoms. The zero-order chi connectivity index (χ0) is 33.5. The standard InChI is InChI=1S/C50H31N/c1-3-13-32(14-4-1)37-30-46(33-15-5-2-6-16-33)51-47(31-37)40-21-8-7-19-38(40)36-27-28-43-41(29-36)39-20-9-10-22-42(39)50(43)44-23-11-17-34-25-26-35-18-12-24-45(50)49(35)48(34)44/h1-31H. The van der Waals surface area contributed by atoms with E-state index in [-0.39, 0.29) is 5.41 Å². The molecule has 1 heterocycles. The summed E-state index contributed by atoms with van der Waals surface area (Å²) in [6.07, 6.45) is 0. The molecule has 0 aliphatic heterocycles. The lowest BCUT2D eigenvalue weighted by atomic mass is 9.70. The number of hydrogen-bond donors (Lipinski definition) is 0. The Hall–Kier alpha value is -6.57. The molecule has 0 atom stereocenters. The van der Waals surface area contributed by atoms with Gasteiger partial charge in [0.1, 0.15) is 0 Å². The molecule has 0 saturated heterocycles. The van der Waals surface area contributed by atoms with Gasteiger partial charge in [-0.1, -0.05) is 170 Å². The maximum Gasteiger partial charge on any atom is 0.0725 e. The van der Waals surface area contributed by atoms with Crippen LogP contribution < -0.4 is 0 Å². The van der Waals surface area contributed by atoms with E-state index in [9.17, 15) is 0 Å². The Morgan fingerprint density at radius 1 is 0.294 bits per heavy atom. The van der Waals surface area contributed by atoms with E-state index in [1.165, 1.54) is 71.6 Å². The minimum atomic E-state index is -0.358. The van der Waals surface area contributed by atoms with E-state index >= 15 is 0 Å². The van der Waals surface area contributed by atoms with Gasteiger partial charge < -0.3 is 0 Å². The Morgan fingerprint density at radius 2 is 0.843 bits per heavy atom. The van der Waals surface area contributed by atoms with Crippen molar-refractivity contribution in [1.29, 1.82) is 0 Å². The van der Waals surface area contributed by atoms with Crippen molar-refractivity contribution >= 4 is 21.5 Å². The van der Waals surface area contributed by atoms with Gasteiger partial charge in [0.05, 0.1) is 16.8 Å². The fraction of sp³-hybridized carbons (Fsp3) is 0.0200. The van der Waals surface area contributed by atoms with Crippen LogP contribution in [0.1, 0.15) is 22.3 Å². The van der Waals surface area contributed by atoms with E-state index in [1.54, 1.807) is 0 Å². The van der Waals surface area contributed by atoms with Crippen LogP contribution in [0.5, 0.6) is 0 Å². The lowest BCUT2D eigenvalue weighted by Gasteiger charge is -2.31. The van der Waals surface area contributed by atoms with Crippen LogP contribution in [0.25, 0.3) is 77.4 Å². The van der Waals surface area contributed by atoms with Crippen LogP contribution in [0, 0.1) is 0 Å². The number of nitrogens with zero attached hydrogens (tertiary/aromatic N) is 1. The Labute approximate surface area is 297 Å². The third kappa shape index (κ3) is 3.95. The fourth-order valence-corrected chi connectivity index (χ4v) is 9.14. The zero-order valence-corrected chi connectivity index (χ0v) is 27.8. The molecule has 11 rings (SSSR count). The summed E-state index contributed by atoms with van der Waals surface area (Å²) in [7, 11) is 0. The van der Waals surface area contributed by atoms with Crippen LogP contribution in [0.15, 0.2) is 188 Å². The predicted molar refractivity (Wildman–Crippen MR) is 212 cm³/mol. The summed E-state index contributed by atoms with van der Waals surface area (Å²) >= 11 is 0. The van der Waals surface area contributed by atoms with Crippen LogP contribution in [-0.4, -0.2) is 4.98 Å². The molecule has 0 bridgehead atoms. The quantitative estimate of drug-likeness (QED) is 0.174. The van der Waals surface area contributed by atoms with Crippen molar-refractivity contribution in [2.45, 2.75) is 5.41 Å². The summed E-state index contributed by atoms with van der Waals surface area (Å²) in [5.74, 6) is 0. The summed E-state index contributed by atoms with van der Waals surface area (Å²) in [6, 6.07) is 68.9. The van der Waals surface area contributed by atoms with Crippen molar-refractivity contribution in [1.82, 2.24) is 4.98 Å². The molecular formula is C50H31N. The molecule has 2 aliphatic carbocycles. The summed E-state index contributed by atoms with van der Waals surface area (Å²) in [6.45, 7) is 0. The minimum absolute atomic E-state index is 0.358. The molecule has 9 aromatic rings. The third-order valence-electron chi connectivity index (χ3n) is 11.3. The number of rotatable bonds is 4. The van der Waals surface area contributed by atoms with Crippen molar-refractivity contribution in [3.8, 4) is 55.9 Å². The van der Waals surface area contributed by atoms with Crippen molar-refractivity contribution in [3.63, 3.8) is 0 Å². The van der Waals surface area contributed by atoms with Crippen LogP contribution in [0.3, 0.4) is 0 Å². The second kappa shape index (κ2) is 10.7. The minimum Gasteiger partial charge on any atom is -0.248 e. The highest BCUT2D eigenvalue weighted by Gasteiger charge is 2.50. The number of fused-ring (bicyclic) bond motifs is 7. The van der Waals surface area contributed by atoms with E-state index in [2.05, 4.69) is 188 Å². The number of pyridine rings is 1. The molecule has 0 amide bonds. The highest BCUT2D eigenvalue weighted by Crippen LogP contribution is 2.62. The van der Waals surface area contributed by atoms with Crippen molar-refractivity contribution in [2.75, 3.05) is 0 Å². The smallest absolute Gasteiger partial charge is 0.0725 e. The van der Waals surface area contributed by atoms with E-state index in [1.807, 2.05) is 0 Å². The number of benzene rings is 8. The molecule has 0 radical (unpaired) electrons. The summed E-state index contributed by atoms with van der Waals surface area (Å²) < 4.78 is 0. The van der Waals surface area contributed by atoms with E-state index < -0.39 is 0 Å². The normalized spacial score (nSPS) is 13.3. The average molecular weight is 646 g/mol. The van der Waals surface area contributed by atoms with Gasteiger partial charge >= 0.3 is 0 Å². The Kier molecular flexibility index (Phi) is 5.94. The molecule has 8 aromatic carbocycles. The first-order valence-electron chi connectivity index (χ1n) is 17.7. The first kappa shape index (κ1) is 28.3. The Bertz CT molecular complexity index is 2730. The van der Waals surface area contributed by atoms with E-state index in [0.717, 1.165) is 28.1 Å². The van der Waals surface area contributed by atoms with Gasteiger partial charge in [0.25, 0.3) is 0 Å². The second-order valence-electron chi connectivity index (χ2n) is 13.8. The van der Waals surface area contributed by atoms with Gasteiger partial charge in [0.2, 0.25) is 0 Å². The average Bonchev–Trinajstić information content (AvgIpc) is 3.68.